The van der Waals surface area contributed by atoms with Crippen molar-refractivity contribution in [1.29, 1.82) is 0 Å². The van der Waals surface area contributed by atoms with Crippen molar-refractivity contribution < 1.29 is 24.5 Å². The summed E-state index contributed by atoms with van der Waals surface area (Å²) in [4.78, 5) is 12.6. The lowest BCUT2D eigenvalue weighted by Gasteiger charge is -2.37. The van der Waals surface area contributed by atoms with Crippen molar-refractivity contribution in [3.05, 3.63) is 52.2 Å². The Morgan fingerprint density at radius 3 is 2.50 bits per heavy atom. The Morgan fingerprint density at radius 2 is 1.81 bits per heavy atom. The minimum Gasteiger partial charge on any atom is -0.508 e. The number of ether oxygens (including phenoxy) is 1. The van der Waals surface area contributed by atoms with Gasteiger partial charge in [0.2, 0.25) is 0 Å². The number of fused-ring (bicyclic) bond motifs is 2. The molecule has 1 aliphatic heterocycles. The molecule has 1 aliphatic rings. The average Bonchev–Trinajstić information content (AvgIpc) is 2.57. The Balaban J connectivity index is 1.94. The zero-order chi connectivity index (χ0) is 18.6. The van der Waals surface area contributed by atoms with Gasteiger partial charge in [0, 0.05) is 29.7 Å². The fourth-order valence-electron chi connectivity index (χ4n) is 3.17. The number of aliphatic hydroxyl groups excluding tert-OH is 1. The quantitative estimate of drug-likeness (QED) is 0.621. The number of hydrogen-bond acceptors (Lipinski definition) is 6. The summed E-state index contributed by atoms with van der Waals surface area (Å²) in [5.74, 6) is 0.587. The lowest BCUT2D eigenvalue weighted by molar-refractivity contribution is -0.0415. The summed E-state index contributed by atoms with van der Waals surface area (Å²) in [5, 5.41) is 30.2. The molecule has 6 nitrogen and oxygen atoms in total. The molecule has 26 heavy (non-hydrogen) atoms. The zero-order valence-corrected chi connectivity index (χ0v) is 14.3. The second-order valence-electron chi connectivity index (χ2n) is 7.02. The number of aliphatic hydroxyl groups is 1. The van der Waals surface area contributed by atoms with E-state index in [0.717, 1.165) is 0 Å². The highest BCUT2D eigenvalue weighted by molar-refractivity contribution is 5.88. The third kappa shape index (κ3) is 2.50. The van der Waals surface area contributed by atoms with Crippen LogP contribution >= 0.6 is 0 Å². The topological polar surface area (TPSA) is 100 Å². The molecule has 134 valence electrons. The largest absolute Gasteiger partial charge is 0.508 e. The van der Waals surface area contributed by atoms with Crippen LogP contribution in [0.5, 0.6) is 17.2 Å². The van der Waals surface area contributed by atoms with Gasteiger partial charge in [-0.1, -0.05) is 0 Å². The molecule has 1 unspecified atom stereocenters. The van der Waals surface area contributed by atoms with Gasteiger partial charge in [-0.25, -0.2) is 0 Å². The molecule has 0 saturated carbocycles. The van der Waals surface area contributed by atoms with Gasteiger partial charge in [0.25, 0.3) is 0 Å². The standard InChI is InChI=1S/C20H18O6/c1-20(2)17(23)7-12-15(26-20)9-16-18(19(12)24)13(22)8-14(25-16)10-3-5-11(21)6-4-10/h3-6,8-9,17,21,23-24H,7H2,1-2H3. The van der Waals surface area contributed by atoms with Gasteiger partial charge in [-0.3, -0.25) is 4.79 Å². The first-order chi connectivity index (χ1) is 12.3. The highest BCUT2D eigenvalue weighted by Gasteiger charge is 2.37. The highest BCUT2D eigenvalue weighted by Crippen LogP contribution is 2.42. The first-order valence-electron chi connectivity index (χ1n) is 8.25. The van der Waals surface area contributed by atoms with Crippen molar-refractivity contribution in [1.82, 2.24) is 0 Å². The minimum atomic E-state index is -0.817. The van der Waals surface area contributed by atoms with Crippen LogP contribution in [0, 0.1) is 0 Å². The molecule has 4 rings (SSSR count). The van der Waals surface area contributed by atoms with Crippen LogP contribution in [0.4, 0.5) is 0 Å². The molecule has 0 amide bonds. The van der Waals surface area contributed by atoms with Gasteiger partial charge in [0.05, 0.1) is 6.10 Å². The summed E-state index contributed by atoms with van der Waals surface area (Å²) in [6.45, 7) is 3.51. The molecule has 3 N–H and O–H groups in total. The number of phenolic OH excluding ortho intramolecular Hbond substituents is 2. The SMILES string of the molecule is CC1(C)Oc2cc3oc(-c4ccc(O)cc4)cc(=O)c3c(O)c2CC1O. The molecule has 3 aromatic rings. The molecule has 6 heteroatoms. The van der Waals surface area contributed by atoms with E-state index >= 15 is 0 Å². The molecule has 0 radical (unpaired) electrons. The maximum Gasteiger partial charge on any atom is 0.197 e. The van der Waals surface area contributed by atoms with Crippen molar-refractivity contribution in [3.63, 3.8) is 0 Å². The van der Waals surface area contributed by atoms with Crippen LogP contribution in [0.2, 0.25) is 0 Å². The summed E-state index contributed by atoms with van der Waals surface area (Å²) in [6, 6.07) is 9.13. The van der Waals surface area contributed by atoms with E-state index in [1.807, 2.05) is 0 Å². The monoisotopic (exact) mass is 354 g/mol. The zero-order valence-electron chi connectivity index (χ0n) is 14.3. The predicted octanol–water partition coefficient (Wildman–Crippen LogP) is 2.95. The van der Waals surface area contributed by atoms with Crippen LogP contribution in [0.25, 0.3) is 22.3 Å². The molecular weight excluding hydrogens is 336 g/mol. The van der Waals surface area contributed by atoms with Crippen molar-refractivity contribution in [2.24, 2.45) is 0 Å². The van der Waals surface area contributed by atoms with E-state index in [-0.39, 0.29) is 28.9 Å². The lowest BCUT2D eigenvalue weighted by Crippen LogP contribution is -2.46. The molecule has 2 heterocycles. The van der Waals surface area contributed by atoms with Crippen LogP contribution in [0.1, 0.15) is 19.4 Å². The van der Waals surface area contributed by atoms with E-state index in [1.54, 1.807) is 32.0 Å². The Morgan fingerprint density at radius 1 is 1.12 bits per heavy atom. The summed E-state index contributed by atoms with van der Waals surface area (Å²) in [6.07, 6.45) is -0.620. The summed E-state index contributed by atoms with van der Waals surface area (Å²) in [5.41, 5.74) is 0.00442. The normalized spacial score (nSPS) is 18.3. The van der Waals surface area contributed by atoms with E-state index in [9.17, 15) is 20.1 Å². The Bertz CT molecular complexity index is 1060. The first kappa shape index (κ1) is 16.5. The van der Waals surface area contributed by atoms with Crippen LogP contribution in [-0.2, 0) is 6.42 Å². The van der Waals surface area contributed by atoms with Crippen molar-refractivity contribution in [2.75, 3.05) is 0 Å². The number of hydrogen-bond donors (Lipinski definition) is 3. The van der Waals surface area contributed by atoms with Crippen LogP contribution in [0.15, 0.2) is 45.6 Å². The second-order valence-corrected chi connectivity index (χ2v) is 7.02. The van der Waals surface area contributed by atoms with Gasteiger partial charge >= 0.3 is 0 Å². The Kier molecular flexibility index (Phi) is 3.49. The maximum absolute atomic E-state index is 12.6. The number of benzene rings is 2. The van der Waals surface area contributed by atoms with Crippen molar-refractivity contribution >= 4 is 11.0 Å². The van der Waals surface area contributed by atoms with Gasteiger partial charge in [0.1, 0.15) is 39.6 Å². The van der Waals surface area contributed by atoms with E-state index in [0.29, 0.717) is 22.6 Å². The van der Waals surface area contributed by atoms with E-state index < -0.39 is 17.1 Å². The summed E-state index contributed by atoms with van der Waals surface area (Å²) >= 11 is 0. The predicted molar refractivity (Wildman–Crippen MR) is 95.7 cm³/mol. The third-order valence-corrected chi connectivity index (χ3v) is 4.78. The molecule has 2 aromatic carbocycles. The van der Waals surface area contributed by atoms with Crippen LogP contribution in [0.3, 0.4) is 0 Å². The van der Waals surface area contributed by atoms with E-state index in [2.05, 4.69) is 0 Å². The molecular formula is C20H18O6. The van der Waals surface area contributed by atoms with E-state index in [4.69, 9.17) is 9.15 Å². The molecule has 0 spiro atoms. The van der Waals surface area contributed by atoms with Gasteiger partial charge in [-0.15, -0.1) is 0 Å². The fourth-order valence-corrected chi connectivity index (χ4v) is 3.17. The van der Waals surface area contributed by atoms with E-state index in [1.165, 1.54) is 18.2 Å². The van der Waals surface area contributed by atoms with Gasteiger partial charge in [-0.05, 0) is 38.1 Å². The van der Waals surface area contributed by atoms with Crippen molar-refractivity contribution in [2.45, 2.75) is 32.0 Å². The van der Waals surface area contributed by atoms with Crippen LogP contribution < -0.4 is 10.2 Å². The molecule has 1 atom stereocenters. The summed E-state index contributed by atoms with van der Waals surface area (Å²) < 4.78 is 11.6. The summed E-state index contributed by atoms with van der Waals surface area (Å²) in [7, 11) is 0. The highest BCUT2D eigenvalue weighted by atomic mass is 16.5. The smallest absolute Gasteiger partial charge is 0.197 e. The van der Waals surface area contributed by atoms with Gasteiger partial charge in [0.15, 0.2) is 5.43 Å². The van der Waals surface area contributed by atoms with Crippen LogP contribution in [-0.4, -0.2) is 27.0 Å². The lowest BCUT2D eigenvalue weighted by atomic mass is 9.90. The van der Waals surface area contributed by atoms with Gasteiger partial charge < -0.3 is 24.5 Å². The number of aromatic hydroxyl groups is 2. The fraction of sp³-hybridized carbons (Fsp3) is 0.250. The molecule has 0 aliphatic carbocycles. The average molecular weight is 354 g/mol. The Hall–Kier alpha value is -2.99. The maximum atomic E-state index is 12.6. The van der Waals surface area contributed by atoms with Crippen molar-refractivity contribution in [3.8, 4) is 28.6 Å². The molecule has 0 saturated heterocycles. The number of phenols is 2. The molecule has 0 fully saturated rings. The second kappa shape index (κ2) is 5.51. The number of rotatable bonds is 1. The molecule has 0 bridgehead atoms. The van der Waals surface area contributed by atoms with Gasteiger partial charge in [-0.2, -0.15) is 0 Å². The molecule has 1 aromatic heterocycles. The minimum absolute atomic E-state index is 0.0572. The first-order valence-corrected chi connectivity index (χ1v) is 8.25. The third-order valence-electron chi connectivity index (χ3n) is 4.78. The Labute approximate surface area is 148 Å².